The van der Waals surface area contributed by atoms with Crippen LogP contribution in [0.15, 0.2) is 24.3 Å². The maximum absolute atomic E-state index is 13.1. The lowest BCUT2D eigenvalue weighted by Crippen LogP contribution is -2.34. The normalized spacial score (nSPS) is 21.1. The Hall–Kier alpha value is -1.75. The van der Waals surface area contributed by atoms with Gasteiger partial charge in [0.25, 0.3) is 0 Å². The van der Waals surface area contributed by atoms with Gasteiger partial charge in [0.2, 0.25) is 5.91 Å². The summed E-state index contributed by atoms with van der Waals surface area (Å²) < 4.78 is 32.9. The molecule has 0 spiro atoms. The molecule has 0 saturated carbocycles. The van der Waals surface area contributed by atoms with Gasteiger partial charge >= 0.3 is 0 Å². The fourth-order valence-electron chi connectivity index (χ4n) is 4.51. The third kappa shape index (κ3) is 12.1. The maximum Gasteiger partial charge on any atom is 0.226 e. The van der Waals surface area contributed by atoms with Crippen molar-refractivity contribution in [1.29, 1.82) is 0 Å². The number of amides is 1. The van der Waals surface area contributed by atoms with Gasteiger partial charge < -0.3 is 38.2 Å². The highest BCUT2D eigenvalue weighted by Gasteiger charge is 2.24. The molecule has 0 bridgehead atoms. The van der Waals surface area contributed by atoms with Gasteiger partial charge in [-0.3, -0.25) is 4.79 Å². The number of unbranched alkanes of at least 4 members (excludes halogenated alkanes) is 3. The Labute approximate surface area is 234 Å². The van der Waals surface area contributed by atoms with Crippen molar-refractivity contribution in [2.75, 3.05) is 88.9 Å². The third-order valence-electron chi connectivity index (χ3n) is 7.09. The van der Waals surface area contributed by atoms with Crippen LogP contribution in [0, 0.1) is 0 Å². The van der Waals surface area contributed by atoms with Crippen molar-refractivity contribution in [1.82, 2.24) is 0 Å². The largest absolute Gasteiger partial charge is 0.379 e. The van der Waals surface area contributed by atoms with E-state index in [1.807, 2.05) is 17.9 Å². The first-order valence-corrected chi connectivity index (χ1v) is 15.0. The van der Waals surface area contributed by atoms with Crippen LogP contribution in [-0.2, 0) is 33.2 Å². The van der Waals surface area contributed by atoms with Crippen molar-refractivity contribution in [2.45, 2.75) is 70.2 Å². The fourth-order valence-corrected chi connectivity index (χ4v) is 4.51. The first-order valence-electron chi connectivity index (χ1n) is 15.0. The summed E-state index contributed by atoms with van der Waals surface area (Å²) >= 11 is 0. The predicted molar refractivity (Wildman–Crippen MR) is 151 cm³/mol. The molecule has 1 aromatic carbocycles. The van der Waals surface area contributed by atoms with Gasteiger partial charge in [-0.2, -0.15) is 0 Å². The van der Waals surface area contributed by atoms with Gasteiger partial charge in [-0.15, -0.1) is 0 Å². The lowest BCUT2D eigenvalue weighted by Gasteiger charge is -2.32. The number of ether oxygens (including phenoxy) is 6. The number of carbonyl (C=O) groups excluding carboxylic acids is 1. The molecule has 9 nitrogen and oxygen atoms in total. The molecule has 3 saturated heterocycles. The standard InChI is InChI=1S/C30H48N2O7/c1-2-30(33)32(15-7-10-18-36-21-27-24-39-27)29-12-4-3-11-28(29)31(13-5-8-16-34-19-25-22-37-25)14-6-9-17-35-20-26-23-38-26/h3-4,11-12,25-27H,2,5-10,13-24H2,1H3. The number of benzene rings is 1. The molecule has 39 heavy (non-hydrogen) atoms. The highest BCUT2D eigenvalue weighted by molar-refractivity contribution is 5.96. The van der Waals surface area contributed by atoms with E-state index < -0.39 is 0 Å². The summed E-state index contributed by atoms with van der Waals surface area (Å²) in [5, 5.41) is 0. The van der Waals surface area contributed by atoms with Crippen LogP contribution in [0.25, 0.3) is 0 Å². The molecule has 3 unspecified atom stereocenters. The Bertz CT molecular complexity index is 805. The van der Waals surface area contributed by atoms with Crippen LogP contribution in [-0.4, -0.2) is 103 Å². The third-order valence-corrected chi connectivity index (χ3v) is 7.09. The maximum atomic E-state index is 13.1. The zero-order valence-electron chi connectivity index (χ0n) is 23.7. The highest BCUT2D eigenvalue weighted by Crippen LogP contribution is 2.31. The molecule has 3 heterocycles. The summed E-state index contributed by atoms with van der Waals surface area (Å²) in [7, 11) is 0. The Kier molecular flexibility index (Phi) is 13.3. The molecule has 9 heteroatoms. The lowest BCUT2D eigenvalue weighted by molar-refractivity contribution is -0.118. The quantitative estimate of drug-likeness (QED) is 0.142. The van der Waals surface area contributed by atoms with Crippen LogP contribution in [0.3, 0.4) is 0 Å². The number of hydrogen-bond acceptors (Lipinski definition) is 8. The minimum absolute atomic E-state index is 0.154. The molecule has 0 radical (unpaired) electrons. The van der Waals surface area contributed by atoms with Crippen molar-refractivity contribution >= 4 is 17.3 Å². The van der Waals surface area contributed by atoms with Gasteiger partial charge in [-0.25, -0.2) is 0 Å². The molecule has 0 aromatic heterocycles. The molecule has 4 rings (SSSR count). The van der Waals surface area contributed by atoms with Crippen molar-refractivity contribution in [2.24, 2.45) is 0 Å². The highest BCUT2D eigenvalue weighted by atomic mass is 16.6. The summed E-state index contributed by atoms with van der Waals surface area (Å²) in [6, 6.07) is 8.36. The van der Waals surface area contributed by atoms with Crippen LogP contribution in [0.2, 0.25) is 0 Å². The topological polar surface area (TPSA) is 88.8 Å². The molecule has 1 aromatic rings. The van der Waals surface area contributed by atoms with Crippen LogP contribution >= 0.6 is 0 Å². The predicted octanol–water partition coefficient (Wildman–Crippen LogP) is 3.82. The van der Waals surface area contributed by atoms with Gasteiger partial charge in [0, 0.05) is 45.9 Å². The number of rotatable bonds is 24. The first kappa shape index (κ1) is 30.2. The second-order valence-electron chi connectivity index (χ2n) is 10.6. The van der Waals surface area contributed by atoms with E-state index in [-0.39, 0.29) is 5.91 Å². The summed E-state index contributed by atoms with van der Waals surface area (Å²) in [5.74, 6) is 0.154. The molecule has 3 fully saturated rings. The molecular weight excluding hydrogens is 500 g/mol. The molecule has 0 N–H and O–H groups in total. The number of anilines is 2. The SMILES string of the molecule is CCC(=O)N(CCCCOCC1CO1)c1ccccc1N(CCCCOCC1CO1)CCCCOCC1CO1. The van der Waals surface area contributed by atoms with E-state index in [0.717, 1.165) is 96.0 Å². The van der Waals surface area contributed by atoms with Gasteiger partial charge in [0.05, 0.1) is 51.0 Å². The number of epoxide rings is 3. The van der Waals surface area contributed by atoms with E-state index in [4.69, 9.17) is 28.4 Å². The average molecular weight is 549 g/mol. The molecule has 1 amide bonds. The van der Waals surface area contributed by atoms with E-state index in [9.17, 15) is 4.79 Å². The number of nitrogens with zero attached hydrogens (tertiary/aromatic N) is 2. The van der Waals surface area contributed by atoms with Crippen molar-refractivity contribution in [3.8, 4) is 0 Å². The van der Waals surface area contributed by atoms with E-state index in [1.165, 1.54) is 0 Å². The Morgan fingerprint density at radius 1 is 0.718 bits per heavy atom. The summed E-state index contributed by atoms with van der Waals surface area (Å²) in [5.41, 5.74) is 2.13. The molecule has 3 atom stereocenters. The molecule has 0 aliphatic carbocycles. The Morgan fingerprint density at radius 3 is 1.59 bits per heavy atom. The van der Waals surface area contributed by atoms with Gasteiger partial charge in [0.15, 0.2) is 0 Å². The smallest absolute Gasteiger partial charge is 0.226 e. The monoisotopic (exact) mass is 548 g/mol. The van der Waals surface area contributed by atoms with Crippen LogP contribution in [0.5, 0.6) is 0 Å². The van der Waals surface area contributed by atoms with Crippen molar-refractivity contribution < 1.29 is 33.2 Å². The van der Waals surface area contributed by atoms with Crippen LogP contribution in [0.4, 0.5) is 11.4 Å². The Morgan fingerprint density at radius 2 is 1.15 bits per heavy atom. The van der Waals surface area contributed by atoms with Crippen LogP contribution in [0.1, 0.15) is 51.9 Å². The summed E-state index contributed by atoms with van der Waals surface area (Å²) in [6.07, 6.45) is 7.26. The summed E-state index contributed by atoms with van der Waals surface area (Å²) in [6.45, 7) is 11.2. The number of carbonyl (C=O) groups is 1. The molecule has 3 aliphatic heterocycles. The fraction of sp³-hybridized carbons (Fsp3) is 0.767. The number of para-hydroxylation sites is 2. The molecule has 220 valence electrons. The van der Waals surface area contributed by atoms with E-state index in [1.54, 1.807) is 0 Å². The van der Waals surface area contributed by atoms with Crippen LogP contribution < -0.4 is 9.80 Å². The van der Waals surface area contributed by atoms with Gasteiger partial charge in [-0.1, -0.05) is 19.1 Å². The average Bonchev–Trinajstić information content (AvgIpc) is 3.80. The zero-order valence-corrected chi connectivity index (χ0v) is 23.7. The number of hydrogen-bond donors (Lipinski definition) is 0. The summed E-state index contributed by atoms with van der Waals surface area (Å²) in [4.78, 5) is 17.5. The second kappa shape index (κ2) is 17.1. The second-order valence-corrected chi connectivity index (χ2v) is 10.6. The van der Waals surface area contributed by atoms with E-state index in [0.29, 0.717) is 57.7 Å². The lowest BCUT2D eigenvalue weighted by atomic mass is 10.1. The Balaban J connectivity index is 1.31. The molecular formula is C30H48N2O7. The van der Waals surface area contributed by atoms with Crippen molar-refractivity contribution in [3.63, 3.8) is 0 Å². The minimum atomic E-state index is 0.154. The van der Waals surface area contributed by atoms with Gasteiger partial charge in [-0.05, 0) is 50.7 Å². The van der Waals surface area contributed by atoms with Gasteiger partial charge in [0.1, 0.15) is 18.3 Å². The minimum Gasteiger partial charge on any atom is -0.379 e. The van der Waals surface area contributed by atoms with E-state index >= 15 is 0 Å². The molecule has 3 aliphatic rings. The zero-order chi connectivity index (χ0) is 27.1. The van der Waals surface area contributed by atoms with E-state index in [2.05, 4.69) is 23.1 Å². The first-order chi connectivity index (χ1) is 19.2. The van der Waals surface area contributed by atoms with Crippen molar-refractivity contribution in [3.05, 3.63) is 24.3 Å².